The number of rotatable bonds is 9. The minimum atomic E-state index is -0.859. The predicted molar refractivity (Wildman–Crippen MR) is 128 cm³/mol. The van der Waals surface area contributed by atoms with Crippen molar-refractivity contribution in [1.82, 2.24) is 9.97 Å². The van der Waals surface area contributed by atoms with E-state index >= 15 is 0 Å². The smallest absolute Gasteiger partial charge is 0.227 e. The Morgan fingerprint density at radius 1 is 0.944 bits per heavy atom. The number of hydrogen-bond acceptors (Lipinski definition) is 9. The highest BCUT2D eigenvalue weighted by molar-refractivity contribution is 5.68. The van der Waals surface area contributed by atoms with Crippen molar-refractivity contribution in [3.63, 3.8) is 0 Å². The molecule has 190 valence electrons. The highest BCUT2D eigenvalue weighted by Gasteiger charge is 2.49. The van der Waals surface area contributed by atoms with E-state index in [2.05, 4.69) is 20.2 Å². The second-order valence-electron chi connectivity index (χ2n) is 8.78. The van der Waals surface area contributed by atoms with E-state index in [0.29, 0.717) is 11.4 Å². The van der Waals surface area contributed by atoms with Gasteiger partial charge in [-0.15, -0.1) is 0 Å². The van der Waals surface area contributed by atoms with Crippen LogP contribution in [0.15, 0.2) is 36.7 Å². The van der Waals surface area contributed by atoms with Gasteiger partial charge in [-0.25, -0.2) is 18.7 Å². The molecule has 1 spiro atoms. The summed E-state index contributed by atoms with van der Waals surface area (Å²) in [4.78, 5) is 10.7. The average molecular weight is 501 g/mol. The number of methoxy groups -OCH3 is 3. The molecule has 0 saturated carbocycles. The second-order valence-corrected chi connectivity index (χ2v) is 8.78. The van der Waals surface area contributed by atoms with Crippen LogP contribution in [0.5, 0.6) is 23.0 Å². The average Bonchev–Trinajstić information content (AvgIpc) is 2.84. The summed E-state index contributed by atoms with van der Waals surface area (Å²) >= 11 is 0. The van der Waals surface area contributed by atoms with Gasteiger partial charge in [0.1, 0.15) is 12.4 Å². The SMILES string of the molecule is COc1cc(Nc2ncc(OCc3c(F)c(OC)cc(OC)c3F)cn2)ccc1N1CC2(COC2)C1. The maximum Gasteiger partial charge on any atom is 0.227 e. The Bertz CT molecular complexity index is 1220. The van der Waals surface area contributed by atoms with Gasteiger partial charge in [0.25, 0.3) is 0 Å². The van der Waals surface area contributed by atoms with Gasteiger partial charge in [-0.05, 0) is 12.1 Å². The van der Waals surface area contributed by atoms with E-state index in [-0.39, 0.29) is 22.8 Å². The Hall–Kier alpha value is -3.86. The summed E-state index contributed by atoms with van der Waals surface area (Å²) < 4.78 is 55.4. The first-order valence-corrected chi connectivity index (χ1v) is 11.3. The lowest BCUT2D eigenvalue weighted by molar-refractivity contribution is -0.127. The van der Waals surface area contributed by atoms with Crippen LogP contribution in [-0.4, -0.2) is 57.6 Å². The molecule has 0 unspecified atom stereocenters. The molecule has 3 heterocycles. The Balaban J connectivity index is 1.23. The molecule has 0 bridgehead atoms. The zero-order valence-corrected chi connectivity index (χ0v) is 20.1. The van der Waals surface area contributed by atoms with Gasteiger partial charge in [-0.1, -0.05) is 0 Å². The third kappa shape index (κ3) is 4.41. The first kappa shape index (κ1) is 23.9. The number of nitrogens with zero attached hydrogens (tertiary/aromatic N) is 3. The summed E-state index contributed by atoms with van der Waals surface area (Å²) in [7, 11) is 4.21. The van der Waals surface area contributed by atoms with Crippen molar-refractivity contribution in [3.05, 3.63) is 53.9 Å². The molecule has 0 atom stereocenters. The molecular weight excluding hydrogens is 474 g/mol. The van der Waals surface area contributed by atoms with Crippen LogP contribution in [0.2, 0.25) is 0 Å². The number of nitrogens with one attached hydrogen (secondary N) is 1. The summed E-state index contributed by atoms with van der Waals surface area (Å²) in [6, 6.07) is 6.95. The summed E-state index contributed by atoms with van der Waals surface area (Å²) in [6.07, 6.45) is 2.82. The number of hydrogen-bond donors (Lipinski definition) is 1. The molecular formula is C25H26F2N4O5. The van der Waals surface area contributed by atoms with Crippen molar-refractivity contribution in [2.75, 3.05) is 57.8 Å². The number of aromatic nitrogens is 2. The van der Waals surface area contributed by atoms with Crippen LogP contribution in [0.25, 0.3) is 0 Å². The van der Waals surface area contributed by atoms with Crippen LogP contribution >= 0.6 is 0 Å². The van der Waals surface area contributed by atoms with Gasteiger partial charge in [-0.2, -0.15) is 0 Å². The monoisotopic (exact) mass is 500 g/mol. The van der Waals surface area contributed by atoms with Crippen molar-refractivity contribution in [2.24, 2.45) is 5.41 Å². The molecule has 1 aromatic heterocycles. The summed E-state index contributed by atoms with van der Waals surface area (Å²) in [5, 5.41) is 3.12. The lowest BCUT2D eigenvalue weighted by Gasteiger charge is -2.56. The Morgan fingerprint density at radius 3 is 2.14 bits per heavy atom. The number of halogens is 2. The van der Waals surface area contributed by atoms with E-state index in [1.807, 2.05) is 18.2 Å². The van der Waals surface area contributed by atoms with E-state index in [1.54, 1.807) is 7.11 Å². The van der Waals surface area contributed by atoms with Crippen molar-refractivity contribution in [2.45, 2.75) is 6.61 Å². The fourth-order valence-electron chi connectivity index (χ4n) is 4.33. The van der Waals surface area contributed by atoms with Gasteiger partial charge in [0, 0.05) is 30.9 Å². The van der Waals surface area contributed by atoms with Gasteiger partial charge in [0.05, 0.1) is 63.6 Å². The van der Waals surface area contributed by atoms with Crippen molar-refractivity contribution in [1.29, 1.82) is 0 Å². The maximum absolute atomic E-state index is 14.5. The Kier molecular flexibility index (Phi) is 6.40. The number of ether oxygens (including phenoxy) is 5. The van der Waals surface area contributed by atoms with Crippen molar-refractivity contribution < 1.29 is 32.5 Å². The van der Waals surface area contributed by atoms with Crippen LogP contribution in [0.4, 0.5) is 26.1 Å². The third-order valence-corrected chi connectivity index (χ3v) is 6.32. The normalized spacial score (nSPS) is 15.6. The minimum absolute atomic E-state index is 0.144. The Morgan fingerprint density at radius 2 is 1.58 bits per heavy atom. The molecule has 2 aliphatic heterocycles. The number of anilines is 3. The molecule has 2 saturated heterocycles. The lowest BCUT2D eigenvalue weighted by atomic mass is 9.77. The topological polar surface area (TPSA) is 87.2 Å². The van der Waals surface area contributed by atoms with E-state index < -0.39 is 18.2 Å². The van der Waals surface area contributed by atoms with E-state index in [0.717, 1.165) is 49.5 Å². The van der Waals surface area contributed by atoms with Crippen LogP contribution in [-0.2, 0) is 11.3 Å². The fraction of sp³-hybridized carbons (Fsp3) is 0.360. The zero-order valence-electron chi connectivity index (χ0n) is 20.1. The van der Waals surface area contributed by atoms with Gasteiger partial charge < -0.3 is 33.9 Å². The second kappa shape index (κ2) is 9.65. The molecule has 0 radical (unpaired) electrons. The van der Waals surface area contributed by atoms with E-state index in [1.165, 1.54) is 26.6 Å². The van der Waals surface area contributed by atoms with Crippen LogP contribution in [0.1, 0.15) is 5.56 Å². The largest absolute Gasteiger partial charge is 0.495 e. The van der Waals surface area contributed by atoms with Crippen molar-refractivity contribution in [3.8, 4) is 23.0 Å². The highest BCUT2D eigenvalue weighted by Crippen LogP contribution is 2.44. The van der Waals surface area contributed by atoms with Crippen molar-refractivity contribution >= 4 is 17.3 Å². The number of benzene rings is 2. The molecule has 5 rings (SSSR count). The summed E-state index contributed by atoms with van der Waals surface area (Å²) in [5.41, 5.74) is 1.76. The molecule has 0 aliphatic carbocycles. The molecule has 2 aromatic carbocycles. The maximum atomic E-state index is 14.5. The third-order valence-electron chi connectivity index (χ3n) is 6.32. The summed E-state index contributed by atoms with van der Waals surface area (Å²) in [5.74, 6) is -0.700. The fourth-order valence-corrected chi connectivity index (χ4v) is 4.33. The van der Waals surface area contributed by atoms with Gasteiger partial charge >= 0.3 is 0 Å². The zero-order chi connectivity index (χ0) is 25.3. The molecule has 2 fully saturated rings. The molecule has 1 N–H and O–H groups in total. The first-order chi connectivity index (χ1) is 17.4. The molecule has 9 nitrogen and oxygen atoms in total. The molecule has 3 aromatic rings. The Labute approximate surface area is 206 Å². The quantitative estimate of drug-likeness (QED) is 0.469. The van der Waals surface area contributed by atoms with E-state index in [4.69, 9.17) is 23.7 Å². The van der Waals surface area contributed by atoms with Crippen LogP contribution < -0.4 is 29.2 Å². The highest BCUT2D eigenvalue weighted by atomic mass is 19.1. The minimum Gasteiger partial charge on any atom is -0.495 e. The standard InChI is InChI=1S/C25H26F2N4O5/c1-32-19-6-15(4-5-18(19)31-11-25(12-31)13-35-14-25)30-24-28-8-16(9-29-24)36-10-17-22(26)20(33-2)7-21(34-3)23(17)27/h4-9H,10-14H2,1-3H3,(H,28,29,30). The van der Waals surface area contributed by atoms with Gasteiger partial charge in [-0.3, -0.25) is 0 Å². The lowest BCUT2D eigenvalue weighted by Crippen LogP contribution is -2.66. The predicted octanol–water partition coefficient (Wildman–Crippen LogP) is 3.94. The van der Waals surface area contributed by atoms with Crippen LogP contribution in [0, 0.1) is 17.0 Å². The summed E-state index contributed by atoms with van der Waals surface area (Å²) in [6.45, 7) is 3.15. The van der Waals surface area contributed by atoms with Crippen LogP contribution in [0.3, 0.4) is 0 Å². The first-order valence-electron chi connectivity index (χ1n) is 11.3. The molecule has 11 heteroatoms. The molecule has 0 amide bonds. The van der Waals surface area contributed by atoms with Gasteiger partial charge in [0.15, 0.2) is 28.9 Å². The molecule has 36 heavy (non-hydrogen) atoms. The van der Waals surface area contributed by atoms with E-state index in [9.17, 15) is 8.78 Å². The molecule has 2 aliphatic rings. The van der Waals surface area contributed by atoms with Gasteiger partial charge in [0.2, 0.25) is 5.95 Å².